The molecule has 18 heavy (non-hydrogen) atoms. The Kier molecular flexibility index (Phi) is 5.26. The highest BCUT2D eigenvalue weighted by molar-refractivity contribution is 5.85. The van der Waals surface area contributed by atoms with E-state index >= 15 is 0 Å². The van der Waals surface area contributed by atoms with Crippen molar-refractivity contribution in [1.29, 1.82) is 0 Å². The molecule has 0 aliphatic rings. The monoisotopic (exact) mass is 255 g/mol. The van der Waals surface area contributed by atoms with Gasteiger partial charge < -0.3 is 15.2 Å². The van der Waals surface area contributed by atoms with Crippen LogP contribution in [0.5, 0.6) is 0 Å². The Morgan fingerprint density at radius 3 is 2.67 bits per heavy atom. The van der Waals surface area contributed by atoms with Crippen molar-refractivity contribution in [2.24, 2.45) is 0 Å². The second-order valence-corrected chi connectivity index (χ2v) is 3.59. The van der Waals surface area contributed by atoms with Gasteiger partial charge in [-0.1, -0.05) is 18.2 Å². The zero-order valence-electron chi connectivity index (χ0n) is 9.85. The van der Waals surface area contributed by atoms with Crippen LogP contribution in [0.2, 0.25) is 0 Å². The minimum Gasteiger partial charge on any atom is -0.467 e. The summed E-state index contributed by atoms with van der Waals surface area (Å²) in [5, 5.41) is 11.2. The molecule has 98 valence electrons. The minimum absolute atomic E-state index is 0.208. The van der Waals surface area contributed by atoms with Crippen LogP contribution in [-0.2, 0) is 20.7 Å². The number of benzene rings is 1. The van der Waals surface area contributed by atoms with E-state index in [0.29, 0.717) is 0 Å². The maximum absolute atomic E-state index is 13.3. The van der Waals surface area contributed by atoms with Crippen molar-refractivity contribution in [3.05, 3.63) is 35.6 Å². The first kappa shape index (κ1) is 14.1. The van der Waals surface area contributed by atoms with E-state index in [0.717, 1.165) is 7.11 Å². The third-order valence-electron chi connectivity index (χ3n) is 2.31. The third kappa shape index (κ3) is 3.81. The fraction of sp³-hybridized carbons (Fsp3) is 0.333. The summed E-state index contributed by atoms with van der Waals surface area (Å²) < 4.78 is 17.7. The topological polar surface area (TPSA) is 75.6 Å². The molecule has 0 aliphatic heterocycles. The minimum atomic E-state index is -1.13. The number of aliphatic hydroxyl groups excluding tert-OH is 1. The quantitative estimate of drug-likeness (QED) is 0.727. The van der Waals surface area contributed by atoms with E-state index in [1.807, 2.05) is 0 Å². The third-order valence-corrected chi connectivity index (χ3v) is 2.31. The fourth-order valence-electron chi connectivity index (χ4n) is 1.38. The highest BCUT2D eigenvalue weighted by Crippen LogP contribution is 2.07. The van der Waals surface area contributed by atoms with E-state index in [-0.39, 0.29) is 12.0 Å². The summed E-state index contributed by atoms with van der Waals surface area (Å²) in [6, 6.07) is 4.71. The van der Waals surface area contributed by atoms with Gasteiger partial charge in [0.05, 0.1) is 20.1 Å². The number of hydrogen-bond donors (Lipinski definition) is 2. The average Bonchev–Trinajstić information content (AvgIpc) is 2.37. The molecule has 0 radical (unpaired) electrons. The van der Waals surface area contributed by atoms with Crippen molar-refractivity contribution in [1.82, 2.24) is 5.32 Å². The number of amides is 1. The van der Waals surface area contributed by atoms with Crippen molar-refractivity contribution in [3.8, 4) is 0 Å². The number of methoxy groups -OCH3 is 1. The van der Waals surface area contributed by atoms with Crippen LogP contribution in [0.3, 0.4) is 0 Å². The molecule has 2 N–H and O–H groups in total. The summed E-state index contributed by atoms with van der Waals surface area (Å²) in [7, 11) is 1.15. The predicted molar refractivity (Wildman–Crippen MR) is 61.1 cm³/mol. The van der Waals surface area contributed by atoms with Crippen LogP contribution in [0.25, 0.3) is 0 Å². The van der Waals surface area contributed by atoms with Gasteiger partial charge in [-0.15, -0.1) is 0 Å². The molecule has 1 aromatic carbocycles. The SMILES string of the molecule is COC(=O)C(CO)NC(=O)Cc1ccccc1F. The van der Waals surface area contributed by atoms with Gasteiger partial charge in [0.25, 0.3) is 0 Å². The summed E-state index contributed by atoms with van der Waals surface area (Å²) in [5.74, 6) is -1.81. The first-order chi connectivity index (χ1) is 8.58. The Balaban J connectivity index is 2.61. The summed E-state index contributed by atoms with van der Waals surface area (Å²) >= 11 is 0. The lowest BCUT2D eigenvalue weighted by Gasteiger charge is -2.13. The van der Waals surface area contributed by atoms with Gasteiger partial charge in [0, 0.05) is 0 Å². The molecular formula is C12H14FNO4. The number of aliphatic hydroxyl groups is 1. The first-order valence-electron chi connectivity index (χ1n) is 5.30. The highest BCUT2D eigenvalue weighted by Gasteiger charge is 2.20. The molecule has 1 unspecified atom stereocenters. The van der Waals surface area contributed by atoms with Crippen LogP contribution in [0.15, 0.2) is 24.3 Å². The van der Waals surface area contributed by atoms with Crippen LogP contribution in [0, 0.1) is 5.82 Å². The van der Waals surface area contributed by atoms with Gasteiger partial charge in [0.1, 0.15) is 5.82 Å². The fourth-order valence-corrected chi connectivity index (χ4v) is 1.38. The lowest BCUT2D eigenvalue weighted by atomic mass is 10.1. The van der Waals surface area contributed by atoms with Crippen LogP contribution in [0.1, 0.15) is 5.56 Å². The molecule has 0 bridgehead atoms. The van der Waals surface area contributed by atoms with Crippen molar-refractivity contribution in [3.63, 3.8) is 0 Å². The second kappa shape index (κ2) is 6.70. The van der Waals surface area contributed by atoms with Gasteiger partial charge in [-0.2, -0.15) is 0 Å². The molecule has 1 rings (SSSR count). The molecule has 0 aliphatic carbocycles. The van der Waals surface area contributed by atoms with Gasteiger partial charge in [-0.05, 0) is 11.6 Å². The van der Waals surface area contributed by atoms with Crippen LogP contribution in [0.4, 0.5) is 4.39 Å². The smallest absolute Gasteiger partial charge is 0.330 e. The van der Waals surface area contributed by atoms with Crippen molar-refractivity contribution in [2.45, 2.75) is 12.5 Å². The normalized spacial score (nSPS) is 11.7. The summed E-state index contributed by atoms with van der Waals surface area (Å²) in [6.45, 7) is -0.574. The number of halogens is 1. The Labute approximate surface area is 104 Å². The van der Waals surface area contributed by atoms with Crippen LogP contribution >= 0.6 is 0 Å². The van der Waals surface area contributed by atoms with Gasteiger partial charge in [0.2, 0.25) is 5.91 Å². The van der Waals surface area contributed by atoms with Crippen LogP contribution < -0.4 is 5.32 Å². The van der Waals surface area contributed by atoms with Gasteiger partial charge >= 0.3 is 5.97 Å². The molecule has 0 fully saturated rings. The van der Waals surface area contributed by atoms with Crippen LogP contribution in [-0.4, -0.2) is 36.7 Å². The van der Waals surface area contributed by atoms with E-state index in [1.165, 1.54) is 18.2 Å². The van der Waals surface area contributed by atoms with Crippen molar-refractivity contribution in [2.75, 3.05) is 13.7 Å². The Bertz CT molecular complexity index is 436. The van der Waals surface area contributed by atoms with Crippen molar-refractivity contribution < 1.29 is 23.8 Å². The second-order valence-electron chi connectivity index (χ2n) is 3.59. The predicted octanol–water partition coefficient (Wildman–Crippen LogP) is 0.0183. The number of ether oxygens (including phenoxy) is 1. The number of esters is 1. The molecule has 5 nitrogen and oxygen atoms in total. The molecule has 1 atom stereocenters. The van der Waals surface area contributed by atoms with E-state index in [9.17, 15) is 14.0 Å². The molecule has 0 saturated heterocycles. The Hall–Kier alpha value is -1.95. The number of rotatable bonds is 5. The average molecular weight is 255 g/mol. The number of carbonyl (C=O) groups excluding carboxylic acids is 2. The summed E-state index contributed by atoms with van der Waals surface area (Å²) in [6.07, 6.45) is -0.208. The van der Waals surface area contributed by atoms with Gasteiger partial charge in [-0.25, -0.2) is 9.18 Å². The van der Waals surface area contributed by atoms with Gasteiger partial charge in [-0.3, -0.25) is 4.79 Å². The maximum atomic E-state index is 13.3. The molecule has 0 aromatic heterocycles. The summed E-state index contributed by atoms with van der Waals surface area (Å²) in [5.41, 5.74) is 0.219. The van der Waals surface area contributed by atoms with E-state index in [4.69, 9.17) is 5.11 Å². The lowest BCUT2D eigenvalue weighted by Crippen LogP contribution is -2.44. The number of nitrogens with one attached hydrogen (secondary N) is 1. The zero-order chi connectivity index (χ0) is 13.5. The molecule has 0 saturated carbocycles. The number of hydrogen-bond acceptors (Lipinski definition) is 4. The molecule has 1 aromatic rings. The lowest BCUT2D eigenvalue weighted by molar-refractivity contribution is -0.146. The first-order valence-corrected chi connectivity index (χ1v) is 5.30. The molecular weight excluding hydrogens is 241 g/mol. The van der Waals surface area contributed by atoms with Crippen molar-refractivity contribution >= 4 is 11.9 Å². The summed E-state index contributed by atoms with van der Waals surface area (Å²) in [4.78, 5) is 22.7. The largest absolute Gasteiger partial charge is 0.467 e. The van der Waals surface area contributed by atoms with E-state index in [1.54, 1.807) is 6.07 Å². The van der Waals surface area contributed by atoms with Gasteiger partial charge in [0.15, 0.2) is 6.04 Å². The maximum Gasteiger partial charge on any atom is 0.330 e. The van der Waals surface area contributed by atoms with E-state index < -0.39 is 30.3 Å². The highest BCUT2D eigenvalue weighted by atomic mass is 19.1. The molecule has 0 heterocycles. The standard InChI is InChI=1S/C12H14FNO4/c1-18-12(17)10(7-15)14-11(16)6-8-4-2-3-5-9(8)13/h2-5,10,15H,6-7H2,1H3,(H,14,16). The number of carbonyl (C=O) groups is 2. The molecule has 0 spiro atoms. The molecule has 6 heteroatoms. The Morgan fingerprint density at radius 1 is 1.44 bits per heavy atom. The molecule has 1 amide bonds. The Morgan fingerprint density at radius 2 is 2.11 bits per heavy atom. The van der Waals surface area contributed by atoms with E-state index in [2.05, 4.69) is 10.1 Å². The zero-order valence-corrected chi connectivity index (χ0v) is 9.85.